The Hall–Kier alpha value is -4.81. The molecule has 7 aliphatic rings. The van der Waals surface area contributed by atoms with Gasteiger partial charge < -0.3 is 15.1 Å². The number of imide groups is 2. The van der Waals surface area contributed by atoms with Crippen LogP contribution in [0.25, 0.3) is 11.0 Å². The Labute approximate surface area is 359 Å². The van der Waals surface area contributed by atoms with E-state index in [2.05, 4.69) is 27.4 Å². The van der Waals surface area contributed by atoms with E-state index >= 15 is 4.39 Å². The van der Waals surface area contributed by atoms with Crippen LogP contribution < -0.4 is 21.1 Å². The van der Waals surface area contributed by atoms with Crippen molar-refractivity contribution >= 4 is 56.3 Å². The van der Waals surface area contributed by atoms with Crippen molar-refractivity contribution in [3.63, 3.8) is 0 Å². The van der Waals surface area contributed by atoms with Crippen LogP contribution in [0.15, 0.2) is 35.3 Å². The molecule has 2 N–H and O–H groups in total. The van der Waals surface area contributed by atoms with Crippen LogP contribution in [0.4, 0.5) is 16.0 Å². The molecule has 3 atom stereocenters. The Morgan fingerprint density at radius 2 is 1.56 bits per heavy atom. The lowest BCUT2D eigenvalue weighted by Crippen LogP contribution is -2.57. The molecule has 62 heavy (non-hydrogen) atoms. The highest BCUT2D eigenvalue weighted by Crippen LogP contribution is 2.52. The molecule has 16 nitrogen and oxygen atoms in total. The van der Waals surface area contributed by atoms with Gasteiger partial charge in [0, 0.05) is 68.4 Å². The molecular formula is C44H54FN9O7S. The van der Waals surface area contributed by atoms with Crippen LogP contribution in [0, 0.1) is 17.2 Å². The van der Waals surface area contributed by atoms with Crippen molar-refractivity contribution in [3.8, 4) is 0 Å². The van der Waals surface area contributed by atoms with Gasteiger partial charge in [-0.2, -0.15) is 4.98 Å². The Morgan fingerprint density at radius 1 is 0.855 bits per heavy atom. The van der Waals surface area contributed by atoms with E-state index < -0.39 is 50.8 Å². The molecule has 0 bridgehead atoms. The number of piperidine rings is 4. The van der Waals surface area contributed by atoms with E-state index in [0.717, 1.165) is 74.4 Å². The molecule has 10 rings (SSSR count). The van der Waals surface area contributed by atoms with Gasteiger partial charge in [-0.1, -0.05) is 13.3 Å². The van der Waals surface area contributed by atoms with E-state index in [4.69, 9.17) is 4.98 Å². The third-order valence-electron chi connectivity index (χ3n) is 15.4. The normalized spacial score (nSPS) is 27.0. The van der Waals surface area contributed by atoms with Crippen molar-refractivity contribution < 1.29 is 32.0 Å². The third kappa shape index (κ3) is 7.18. The molecule has 3 unspecified atom stereocenters. The first-order valence-corrected chi connectivity index (χ1v) is 24.0. The Kier molecular flexibility index (Phi) is 10.5. The van der Waals surface area contributed by atoms with Gasteiger partial charge in [-0.15, -0.1) is 0 Å². The van der Waals surface area contributed by atoms with Crippen LogP contribution in [0.3, 0.4) is 0 Å². The van der Waals surface area contributed by atoms with Gasteiger partial charge in [0.1, 0.15) is 17.5 Å². The lowest BCUT2D eigenvalue weighted by atomic mass is 9.59. The molecule has 2 aromatic heterocycles. The fourth-order valence-corrected chi connectivity index (χ4v) is 13.6. The zero-order valence-electron chi connectivity index (χ0n) is 35.1. The number of benzene rings is 1. The molecule has 4 saturated heterocycles. The van der Waals surface area contributed by atoms with Crippen molar-refractivity contribution in [3.05, 3.63) is 57.8 Å². The maximum absolute atomic E-state index is 15.6. The van der Waals surface area contributed by atoms with E-state index in [1.807, 2.05) is 9.47 Å². The number of hydrogen-bond donors (Lipinski definition) is 2. The summed E-state index contributed by atoms with van der Waals surface area (Å²) < 4.78 is 46.8. The minimum absolute atomic E-state index is 0.0110. The van der Waals surface area contributed by atoms with Crippen molar-refractivity contribution in [2.45, 2.75) is 120 Å². The Balaban J connectivity index is 0.693. The number of amides is 4. The molecule has 330 valence electrons. The maximum atomic E-state index is 15.6. The Bertz CT molecular complexity index is 2500. The number of aromatic nitrogens is 3. The lowest BCUT2D eigenvalue weighted by Gasteiger charge is -2.56. The summed E-state index contributed by atoms with van der Waals surface area (Å²) in [6.45, 7) is 5.74. The largest absolute Gasteiger partial charge is 0.369 e. The van der Waals surface area contributed by atoms with Crippen LogP contribution in [-0.2, 0) is 19.6 Å². The zero-order chi connectivity index (χ0) is 43.1. The number of rotatable bonds is 8. The summed E-state index contributed by atoms with van der Waals surface area (Å²) in [4.78, 5) is 78.2. The standard InChI is InChI=1S/C44H54FN9O7S/c1-26-3-2-4-34(26)53-38(56)8-5-27-25-46-43(49-39(27)53)47-28-9-17-52(18-10-28)62(60,61)30-11-15-50(16-12-30)29-23-44(24-29)13-19-51(20-14-44)36-22-32-31(21-33(36)45)41(58)54(42(32)59)35-6-7-37(55)48-40(35)57/h5,8,21-22,25-26,28-30,34-35H,2-4,6-7,9-20,23-24H2,1H3,(H,46,47,49)(H,48,55,57). The number of fused-ring (bicyclic) bond motifs is 2. The number of sulfonamides is 1. The minimum Gasteiger partial charge on any atom is -0.369 e. The molecule has 4 amide bonds. The number of nitrogens with one attached hydrogen (secondary N) is 2. The molecule has 18 heteroatoms. The lowest BCUT2D eigenvalue weighted by molar-refractivity contribution is -0.136. The van der Waals surface area contributed by atoms with E-state index in [1.54, 1.807) is 22.6 Å². The van der Waals surface area contributed by atoms with Gasteiger partial charge in [-0.05, 0) is 113 Å². The number of carbonyl (C=O) groups excluding carboxylic acids is 4. The summed E-state index contributed by atoms with van der Waals surface area (Å²) in [5, 5.41) is 6.05. The number of anilines is 2. The average molecular weight is 872 g/mol. The molecular weight excluding hydrogens is 818 g/mol. The van der Waals surface area contributed by atoms with E-state index in [-0.39, 0.29) is 52.7 Å². The fraction of sp³-hybridized carbons (Fsp3) is 0.614. The second-order valence-electron chi connectivity index (χ2n) is 18.9. The fourth-order valence-electron chi connectivity index (χ4n) is 11.7. The van der Waals surface area contributed by atoms with Gasteiger partial charge in [0.25, 0.3) is 17.4 Å². The summed E-state index contributed by atoms with van der Waals surface area (Å²) in [5.41, 5.74) is 1.01. The number of hydrogen-bond acceptors (Lipinski definition) is 12. The molecule has 6 fully saturated rings. The summed E-state index contributed by atoms with van der Waals surface area (Å²) >= 11 is 0. The van der Waals surface area contributed by atoms with Gasteiger partial charge in [-0.3, -0.25) is 38.8 Å². The van der Waals surface area contributed by atoms with Gasteiger partial charge >= 0.3 is 0 Å². The number of halogens is 1. The number of nitrogens with zero attached hydrogens (tertiary/aromatic N) is 7. The topological polar surface area (TPSA) is 187 Å². The maximum Gasteiger partial charge on any atom is 0.262 e. The van der Waals surface area contributed by atoms with Crippen molar-refractivity contribution in [2.75, 3.05) is 49.5 Å². The number of pyridine rings is 1. The highest BCUT2D eigenvalue weighted by atomic mass is 32.2. The van der Waals surface area contributed by atoms with E-state index in [1.165, 1.54) is 6.07 Å². The molecule has 0 radical (unpaired) electrons. The first-order valence-electron chi connectivity index (χ1n) is 22.5. The highest BCUT2D eigenvalue weighted by Gasteiger charge is 2.50. The number of likely N-dealkylation sites (tertiary alicyclic amines) is 1. The predicted octanol–water partition coefficient (Wildman–Crippen LogP) is 3.81. The third-order valence-corrected chi connectivity index (χ3v) is 17.8. The Morgan fingerprint density at radius 3 is 2.24 bits per heavy atom. The summed E-state index contributed by atoms with van der Waals surface area (Å²) in [6.07, 6.45) is 11.2. The van der Waals surface area contributed by atoms with Crippen LogP contribution in [-0.4, -0.2) is 123 Å². The summed E-state index contributed by atoms with van der Waals surface area (Å²) in [6, 6.07) is 5.34. The van der Waals surface area contributed by atoms with Crippen LogP contribution in [0.2, 0.25) is 0 Å². The quantitative estimate of drug-likeness (QED) is 0.313. The molecule has 2 saturated carbocycles. The molecule has 5 aliphatic heterocycles. The monoisotopic (exact) mass is 871 g/mol. The van der Waals surface area contributed by atoms with Crippen LogP contribution >= 0.6 is 0 Å². The highest BCUT2D eigenvalue weighted by molar-refractivity contribution is 7.89. The second kappa shape index (κ2) is 15.8. The van der Waals surface area contributed by atoms with Crippen molar-refractivity contribution in [2.24, 2.45) is 11.3 Å². The SMILES string of the molecule is CC1CCCC1n1c(=O)ccc2cnc(NC3CCN(S(=O)(=O)C4CCN(C5CC6(CCN(c7cc8c(cc7F)C(=O)N(C7CCC(=O)NC7=O)C8=O)CC6)C5)CC4)CC3)nc21. The zero-order valence-corrected chi connectivity index (χ0v) is 35.9. The van der Waals surface area contributed by atoms with Gasteiger partial charge in [0.2, 0.25) is 27.8 Å². The molecule has 3 aromatic rings. The molecule has 1 spiro atoms. The van der Waals surface area contributed by atoms with E-state index in [9.17, 15) is 32.4 Å². The van der Waals surface area contributed by atoms with Gasteiger partial charge in [0.05, 0.1) is 22.1 Å². The van der Waals surface area contributed by atoms with Crippen LogP contribution in [0.5, 0.6) is 0 Å². The molecule has 7 heterocycles. The summed E-state index contributed by atoms with van der Waals surface area (Å²) in [5.74, 6) is -2.26. The summed E-state index contributed by atoms with van der Waals surface area (Å²) in [7, 11) is -3.46. The van der Waals surface area contributed by atoms with Crippen molar-refractivity contribution in [1.82, 2.24) is 34.0 Å². The number of carbonyl (C=O) groups is 4. The van der Waals surface area contributed by atoms with Gasteiger partial charge in [-0.25, -0.2) is 22.1 Å². The molecule has 2 aliphatic carbocycles. The van der Waals surface area contributed by atoms with Gasteiger partial charge in [0.15, 0.2) is 0 Å². The van der Waals surface area contributed by atoms with Crippen LogP contribution in [0.1, 0.15) is 117 Å². The first-order chi connectivity index (χ1) is 29.8. The van der Waals surface area contributed by atoms with Crippen molar-refractivity contribution in [1.29, 1.82) is 0 Å². The first kappa shape index (κ1) is 41.2. The minimum atomic E-state index is -3.46. The molecule has 1 aromatic carbocycles. The van der Waals surface area contributed by atoms with E-state index in [0.29, 0.717) is 75.4 Å². The second-order valence-corrected chi connectivity index (χ2v) is 21.1. The average Bonchev–Trinajstić information content (AvgIpc) is 3.78. The smallest absolute Gasteiger partial charge is 0.262 e. The predicted molar refractivity (Wildman–Crippen MR) is 228 cm³/mol.